The van der Waals surface area contributed by atoms with Gasteiger partial charge in [0.15, 0.2) is 23.9 Å². The fourth-order valence-corrected chi connectivity index (χ4v) is 9.47. The number of rotatable bonds is 21. The zero-order valence-corrected chi connectivity index (χ0v) is 40.0. The third kappa shape index (κ3) is 14.4. The molecule has 0 unspecified atom stereocenters. The third-order valence-corrected chi connectivity index (χ3v) is 12.9. The van der Waals surface area contributed by atoms with E-state index >= 15 is 0 Å². The average Bonchev–Trinajstić information content (AvgIpc) is 3.34. The van der Waals surface area contributed by atoms with Gasteiger partial charge in [0.1, 0.15) is 11.8 Å². The summed E-state index contributed by atoms with van der Waals surface area (Å²) in [5, 5.41) is 21.1. The highest BCUT2D eigenvalue weighted by Gasteiger charge is 2.28. The summed E-state index contributed by atoms with van der Waals surface area (Å²) in [5.41, 5.74) is 17.7. The molecule has 3 heterocycles. The highest BCUT2D eigenvalue weighted by molar-refractivity contribution is 5.96. The second kappa shape index (κ2) is 24.7. The molecule has 360 valence electrons. The summed E-state index contributed by atoms with van der Waals surface area (Å²) in [7, 11) is 0. The van der Waals surface area contributed by atoms with Gasteiger partial charge in [-0.05, 0) is 108 Å². The predicted octanol–water partition coefficient (Wildman–Crippen LogP) is 6.69. The fourth-order valence-electron chi connectivity index (χ4n) is 9.47. The van der Waals surface area contributed by atoms with E-state index < -0.39 is 12.0 Å². The van der Waals surface area contributed by atoms with E-state index in [9.17, 15) is 24.3 Å². The lowest BCUT2D eigenvalue weighted by molar-refractivity contribution is -0.708. The van der Waals surface area contributed by atoms with Gasteiger partial charge in [-0.3, -0.25) is 29.5 Å². The molecular weight excluding hydrogens is 865 g/mol. The van der Waals surface area contributed by atoms with Crippen LogP contribution in [0.25, 0.3) is 12.2 Å². The number of amides is 4. The maximum absolute atomic E-state index is 14.0. The largest absolute Gasteiger partial charge is 0.508 e. The van der Waals surface area contributed by atoms with Crippen LogP contribution < -0.4 is 36.5 Å². The minimum absolute atomic E-state index is 0.0579. The number of carbonyl (C=O) groups excluding carboxylic acids is 4. The van der Waals surface area contributed by atoms with Gasteiger partial charge in [-0.15, -0.1) is 0 Å². The number of guanidine groups is 1. The highest BCUT2D eigenvalue weighted by Crippen LogP contribution is 2.36. The first kappa shape index (κ1) is 49.6. The van der Waals surface area contributed by atoms with Crippen molar-refractivity contribution in [2.45, 2.75) is 103 Å². The summed E-state index contributed by atoms with van der Waals surface area (Å²) in [4.78, 5) is 59.7. The summed E-state index contributed by atoms with van der Waals surface area (Å²) in [5.74, 6) is -1.73. The molecule has 7 N–H and O–H groups in total. The Bertz CT molecular complexity index is 2520. The van der Waals surface area contributed by atoms with Crippen molar-refractivity contribution in [1.82, 2.24) is 21.3 Å². The van der Waals surface area contributed by atoms with Crippen molar-refractivity contribution in [3.05, 3.63) is 160 Å². The zero-order chi connectivity index (χ0) is 48.5. The summed E-state index contributed by atoms with van der Waals surface area (Å²) in [6, 6.07) is 33.6. The Labute approximate surface area is 406 Å². The standard InChI is InChI=1S/C56H66N8O5/c1-39-34-42(23-24-43-36-46-18-11-31-63-32-12-19-47(37-43)53(46)63)35-40(2)64(39)33-13-30-58-50(66)21-9-22-51(67)62-56(57)59-29-10-20-49(54(68)60-38-41-25-27-48(65)28-26-41)61-55(69)52(44-14-5-3-6-15-44)45-16-7-4-8-17-45/h3-8,14-17,23-28,34-37,49,52H,9-13,18-22,29-33,38H2,1-2H3,(H6-,57,58,59,60,61,62,65,66,67,68,69)/p+1/t49-/m1/s1. The number of carbonyl (C=O) groups is 4. The summed E-state index contributed by atoms with van der Waals surface area (Å²) in [6.45, 7) is 8.32. The first-order chi connectivity index (χ1) is 33.5. The van der Waals surface area contributed by atoms with Crippen molar-refractivity contribution in [1.29, 1.82) is 0 Å². The molecule has 13 heteroatoms. The molecular formula is C56H67N8O5+. The van der Waals surface area contributed by atoms with E-state index in [4.69, 9.17) is 5.73 Å². The Morgan fingerprint density at radius 3 is 1.96 bits per heavy atom. The van der Waals surface area contributed by atoms with E-state index in [1.54, 1.807) is 24.3 Å². The van der Waals surface area contributed by atoms with Gasteiger partial charge in [0.05, 0.1) is 5.92 Å². The molecule has 4 aromatic carbocycles. The van der Waals surface area contributed by atoms with E-state index in [0.29, 0.717) is 19.4 Å². The van der Waals surface area contributed by atoms with Crippen LogP contribution in [0, 0.1) is 13.8 Å². The second-order valence-corrected chi connectivity index (χ2v) is 18.2. The van der Waals surface area contributed by atoms with Crippen LogP contribution in [0.15, 0.2) is 114 Å². The Balaban J connectivity index is 0.821. The number of benzene rings is 4. The zero-order valence-electron chi connectivity index (χ0n) is 40.0. The molecule has 69 heavy (non-hydrogen) atoms. The van der Waals surface area contributed by atoms with Crippen molar-refractivity contribution >= 4 is 47.4 Å². The quantitative estimate of drug-likeness (QED) is 0.0205. The van der Waals surface area contributed by atoms with Crippen molar-refractivity contribution in [3.8, 4) is 5.75 Å². The average molecular weight is 932 g/mol. The molecule has 0 fully saturated rings. The second-order valence-electron chi connectivity index (χ2n) is 18.2. The Hall–Kier alpha value is -7.28. The van der Waals surface area contributed by atoms with Crippen LogP contribution in [-0.4, -0.2) is 66.9 Å². The maximum Gasteiger partial charge on any atom is 0.242 e. The van der Waals surface area contributed by atoms with Crippen molar-refractivity contribution in [2.75, 3.05) is 31.1 Å². The van der Waals surface area contributed by atoms with Crippen LogP contribution >= 0.6 is 0 Å². The smallest absolute Gasteiger partial charge is 0.242 e. The van der Waals surface area contributed by atoms with E-state index in [2.05, 4.69) is 86.0 Å². The first-order valence-corrected chi connectivity index (χ1v) is 24.4. The number of aryl methyl sites for hydroxylation is 4. The number of hydrogen-bond acceptors (Lipinski definition) is 7. The lowest BCUT2D eigenvalue weighted by Gasteiger charge is -2.37. The van der Waals surface area contributed by atoms with Crippen molar-refractivity contribution in [2.24, 2.45) is 10.7 Å². The number of phenolic OH excluding ortho intramolecular Hbond substituents is 1. The van der Waals surface area contributed by atoms with Gasteiger partial charge < -0.3 is 31.7 Å². The number of pyridine rings is 1. The molecule has 7 rings (SSSR count). The monoisotopic (exact) mass is 932 g/mol. The summed E-state index contributed by atoms with van der Waals surface area (Å²) < 4.78 is 2.28. The molecule has 13 nitrogen and oxygen atoms in total. The molecule has 0 spiro atoms. The Kier molecular flexibility index (Phi) is 17.7. The Morgan fingerprint density at radius 2 is 1.33 bits per heavy atom. The lowest BCUT2D eigenvalue weighted by atomic mass is 9.90. The van der Waals surface area contributed by atoms with E-state index in [0.717, 1.165) is 42.5 Å². The molecule has 1 aromatic heterocycles. The molecule has 0 saturated heterocycles. The molecule has 0 aliphatic carbocycles. The predicted molar refractivity (Wildman–Crippen MR) is 272 cm³/mol. The number of aromatic nitrogens is 1. The van der Waals surface area contributed by atoms with Crippen LogP contribution in [0.4, 0.5) is 5.69 Å². The van der Waals surface area contributed by atoms with Gasteiger partial charge in [-0.25, -0.2) is 4.57 Å². The van der Waals surface area contributed by atoms with Gasteiger partial charge in [0, 0.05) is 83.7 Å². The first-order valence-electron chi connectivity index (χ1n) is 24.4. The molecule has 2 aliphatic heterocycles. The minimum atomic E-state index is -0.891. The van der Waals surface area contributed by atoms with Crippen LogP contribution in [0.3, 0.4) is 0 Å². The molecule has 0 radical (unpaired) electrons. The number of phenols is 1. The topological polar surface area (TPSA) is 182 Å². The number of nitrogens with two attached hydrogens (primary N) is 1. The van der Waals surface area contributed by atoms with Crippen LogP contribution in [-0.2, 0) is 45.1 Å². The fraction of sp³-hybridized carbons (Fsp3) is 0.357. The maximum atomic E-state index is 14.0. The highest BCUT2D eigenvalue weighted by atomic mass is 16.3. The van der Waals surface area contributed by atoms with Crippen LogP contribution in [0.2, 0.25) is 0 Å². The molecule has 0 bridgehead atoms. The Morgan fingerprint density at radius 1 is 0.739 bits per heavy atom. The van der Waals surface area contributed by atoms with Gasteiger partial charge in [0.25, 0.3) is 0 Å². The lowest BCUT2D eigenvalue weighted by Crippen LogP contribution is -2.48. The number of aliphatic imine (C=N–C) groups is 1. The number of anilines is 1. The van der Waals surface area contributed by atoms with Gasteiger partial charge >= 0.3 is 0 Å². The van der Waals surface area contributed by atoms with E-state index in [1.807, 2.05) is 60.7 Å². The van der Waals surface area contributed by atoms with Gasteiger partial charge in [-0.1, -0.05) is 84.9 Å². The van der Waals surface area contributed by atoms with E-state index in [-0.39, 0.29) is 67.7 Å². The number of hydrogen-bond donors (Lipinski definition) is 6. The van der Waals surface area contributed by atoms with Crippen molar-refractivity contribution in [3.63, 3.8) is 0 Å². The molecule has 5 aromatic rings. The number of aromatic hydroxyl groups is 1. The minimum Gasteiger partial charge on any atom is -0.508 e. The molecule has 4 amide bonds. The normalized spacial score (nSPS) is 13.7. The van der Waals surface area contributed by atoms with Crippen LogP contribution in [0.5, 0.6) is 5.75 Å². The van der Waals surface area contributed by atoms with Gasteiger partial charge in [0.2, 0.25) is 23.6 Å². The van der Waals surface area contributed by atoms with E-state index in [1.165, 1.54) is 65.3 Å². The summed E-state index contributed by atoms with van der Waals surface area (Å²) >= 11 is 0. The third-order valence-electron chi connectivity index (χ3n) is 12.9. The molecule has 1 atom stereocenters. The number of nitrogens with one attached hydrogen (secondary N) is 4. The van der Waals surface area contributed by atoms with Crippen LogP contribution in [0.1, 0.15) is 108 Å². The number of nitrogens with zero attached hydrogens (tertiary/aromatic N) is 3. The SMILES string of the molecule is Cc1cc(/C=C/c2cc3c4c(c2)CCCN4CCC3)cc(C)[n+]1CCCNC(=O)CCCC(=O)NC(N)=NCCC[C@@H](NC(=O)C(c1ccccc1)c1ccccc1)C(=O)NCc1ccc(O)cc1. The van der Waals surface area contributed by atoms with Gasteiger partial charge in [-0.2, -0.15) is 0 Å². The molecule has 2 aliphatic rings. The van der Waals surface area contributed by atoms with Crippen molar-refractivity contribution < 1.29 is 28.9 Å². The molecule has 0 saturated carbocycles. The summed E-state index contributed by atoms with van der Waals surface area (Å²) in [6.07, 6.45) is 11.3.